The Morgan fingerprint density at radius 2 is 1.54 bits per heavy atom. The molecule has 9 heteroatoms. The number of piperazine rings is 1. The molecule has 2 heterocycles. The molecule has 1 aromatic heterocycles. The topological polar surface area (TPSA) is 90.6 Å². The molecule has 0 bridgehead atoms. The van der Waals surface area contributed by atoms with E-state index in [4.69, 9.17) is 9.47 Å². The summed E-state index contributed by atoms with van der Waals surface area (Å²) in [7, 11) is 0. The van der Waals surface area contributed by atoms with E-state index in [0.29, 0.717) is 22.0 Å². The van der Waals surface area contributed by atoms with Gasteiger partial charge in [-0.15, -0.1) is 11.3 Å². The molecule has 0 radical (unpaired) electrons. The number of carbonyl (C=O) groups is 3. The van der Waals surface area contributed by atoms with Gasteiger partial charge in [0, 0.05) is 0 Å². The summed E-state index contributed by atoms with van der Waals surface area (Å²) in [6, 6.07) is 0. The van der Waals surface area contributed by atoms with E-state index in [1.807, 2.05) is 0 Å². The smallest absolute Gasteiger partial charge is 0.348 e. The van der Waals surface area contributed by atoms with Gasteiger partial charge in [0.1, 0.15) is 36.1 Å². The van der Waals surface area contributed by atoms with Crippen molar-refractivity contribution in [1.82, 2.24) is 0 Å². The highest BCUT2D eigenvalue weighted by Gasteiger charge is 2.29. The van der Waals surface area contributed by atoms with Gasteiger partial charge in [-0.3, -0.25) is 4.79 Å². The number of esters is 2. The van der Waals surface area contributed by atoms with E-state index in [2.05, 4.69) is 12.2 Å². The minimum atomic E-state index is -0.547. The number of ether oxygens (including phenoxy) is 2. The van der Waals surface area contributed by atoms with Gasteiger partial charge in [0.15, 0.2) is 6.54 Å². The summed E-state index contributed by atoms with van der Waals surface area (Å²) in [5.41, 5.74) is 0.711. The van der Waals surface area contributed by atoms with Crippen molar-refractivity contribution in [2.75, 3.05) is 57.8 Å². The number of amides is 1. The summed E-state index contributed by atoms with van der Waals surface area (Å²) in [5.74, 6) is -1.22. The van der Waals surface area contributed by atoms with Crippen molar-refractivity contribution in [3.63, 3.8) is 0 Å². The van der Waals surface area contributed by atoms with Gasteiger partial charge in [-0.05, 0) is 33.3 Å². The van der Waals surface area contributed by atoms with E-state index >= 15 is 0 Å². The van der Waals surface area contributed by atoms with Gasteiger partial charge in [0.05, 0.1) is 25.3 Å². The molecule has 0 saturated carbocycles. The van der Waals surface area contributed by atoms with Gasteiger partial charge >= 0.3 is 11.9 Å². The Morgan fingerprint density at radius 3 is 2.11 bits per heavy atom. The van der Waals surface area contributed by atoms with Crippen molar-refractivity contribution in [2.45, 2.75) is 27.7 Å². The predicted molar refractivity (Wildman–Crippen MR) is 106 cm³/mol. The zero-order valence-corrected chi connectivity index (χ0v) is 17.9. The van der Waals surface area contributed by atoms with Crippen LogP contribution in [0.2, 0.25) is 0 Å². The summed E-state index contributed by atoms with van der Waals surface area (Å²) in [6.45, 7) is 13.2. The van der Waals surface area contributed by atoms with Gasteiger partial charge < -0.3 is 24.6 Å². The fourth-order valence-corrected chi connectivity index (χ4v) is 4.43. The van der Waals surface area contributed by atoms with Crippen LogP contribution in [0.3, 0.4) is 0 Å². The Labute approximate surface area is 169 Å². The van der Waals surface area contributed by atoms with Crippen molar-refractivity contribution in [2.24, 2.45) is 0 Å². The van der Waals surface area contributed by atoms with Crippen molar-refractivity contribution < 1.29 is 33.7 Å². The summed E-state index contributed by atoms with van der Waals surface area (Å²) in [4.78, 5) is 40.3. The van der Waals surface area contributed by atoms with Gasteiger partial charge in [0.2, 0.25) is 0 Å². The van der Waals surface area contributed by atoms with E-state index in [1.165, 1.54) is 4.90 Å². The number of rotatable bonds is 8. The lowest BCUT2D eigenvalue weighted by molar-refractivity contribution is -1.01. The van der Waals surface area contributed by atoms with Crippen molar-refractivity contribution >= 4 is 34.2 Å². The molecule has 28 heavy (non-hydrogen) atoms. The number of hydrogen-bond acceptors (Lipinski definition) is 6. The average Bonchev–Trinajstić information content (AvgIpc) is 2.98. The van der Waals surface area contributed by atoms with E-state index in [9.17, 15) is 14.4 Å². The molecule has 3 N–H and O–H groups in total. The van der Waals surface area contributed by atoms with Crippen LogP contribution in [0, 0.1) is 6.92 Å². The number of anilines is 1. The molecule has 2 rings (SSSR count). The summed E-state index contributed by atoms with van der Waals surface area (Å²) in [6.07, 6.45) is 0. The third-order valence-corrected chi connectivity index (χ3v) is 6.10. The highest BCUT2D eigenvalue weighted by molar-refractivity contribution is 7.18. The van der Waals surface area contributed by atoms with Gasteiger partial charge in [-0.2, -0.15) is 0 Å². The standard InChI is InChI=1S/C19H29N3O5S/c1-5-21-8-10-22(11-9-21)12-14(23)20-17-15(18(24)26-6-2)13(4)16(28-17)19(25)27-7-3/h5-12H2,1-4H3,(H,20,23)/p+2. The molecule has 0 unspecified atom stereocenters. The first-order valence-corrected chi connectivity index (χ1v) is 10.7. The minimum absolute atomic E-state index is 0.169. The molecule has 1 saturated heterocycles. The number of hydrogen-bond donors (Lipinski definition) is 3. The monoisotopic (exact) mass is 413 g/mol. The molecule has 1 amide bonds. The third kappa shape index (κ3) is 5.52. The quantitative estimate of drug-likeness (QED) is 0.483. The first-order valence-electron chi connectivity index (χ1n) is 9.85. The van der Waals surface area contributed by atoms with Crippen molar-refractivity contribution in [3.8, 4) is 0 Å². The Morgan fingerprint density at radius 1 is 0.964 bits per heavy atom. The van der Waals surface area contributed by atoms with Gasteiger partial charge in [0.25, 0.3) is 5.91 Å². The minimum Gasteiger partial charge on any atom is -0.462 e. The van der Waals surface area contributed by atoms with Crippen LogP contribution in [-0.4, -0.2) is 70.3 Å². The molecular weight excluding hydrogens is 382 g/mol. The lowest BCUT2D eigenvalue weighted by Crippen LogP contribution is -3.28. The number of thiophene rings is 1. The predicted octanol–water partition coefficient (Wildman–Crippen LogP) is -0.848. The van der Waals surface area contributed by atoms with Crippen LogP contribution in [-0.2, 0) is 14.3 Å². The molecule has 0 spiro atoms. The summed E-state index contributed by atoms with van der Waals surface area (Å²) in [5, 5.41) is 3.17. The zero-order chi connectivity index (χ0) is 20.7. The van der Waals surface area contributed by atoms with Crippen LogP contribution >= 0.6 is 11.3 Å². The SMILES string of the molecule is CCOC(=O)c1sc(NC(=O)C[NH+]2CC[NH+](CC)CC2)c(C(=O)OCC)c1C. The van der Waals surface area contributed by atoms with E-state index in [1.54, 1.807) is 25.7 Å². The Balaban J connectivity index is 2.14. The van der Waals surface area contributed by atoms with E-state index < -0.39 is 11.9 Å². The first kappa shape index (κ1) is 22.3. The Bertz CT molecular complexity index is 711. The normalized spacial score (nSPS) is 19.1. The van der Waals surface area contributed by atoms with Gasteiger partial charge in [-0.1, -0.05) is 0 Å². The first-order chi connectivity index (χ1) is 13.4. The van der Waals surface area contributed by atoms with Crippen LogP contribution in [0.5, 0.6) is 0 Å². The number of likely N-dealkylation sites (N-methyl/N-ethyl adjacent to an activating group) is 1. The molecule has 1 fully saturated rings. The molecule has 0 aliphatic carbocycles. The maximum Gasteiger partial charge on any atom is 0.348 e. The molecule has 156 valence electrons. The van der Waals surface area contributed by atoms with Crippen molar-refractivity contribution in [1.29, 1.82) is 0 Å². The highest BCUT2D eigenvalue weighted by Crippen LogP contribution is 2.34. The second kappa shape index (κ2) is 10.5. The second-order valence-corrected chi connectivity index (χ2v) is 7.80. The average molecular weight is 414 g/mol. The van der Waals surface area contributed by atoms with Crippen LogP contribution in [0.1, 0.15) is 46.4 Å². The van der Waals surface area contributed by atoms with Crippen LogP contribution in [0.25, 0.3) is 0 Å². The maximum absolute atomic E-state index is 12.6. The van der Waals surface area contributed by atoms with Gasteiger partial charge in [-0.25, -0.2) is 9.59 Å². The molecule has 0 atom stereocenters. The van der Waals surface area contributed by atoms with Crippen LogP contribution in [0.15, 0.2) is 0 Å². The fourth-order valence-electron chi connectivity index (χ4n) is 3.33. The number of carbonyl (C=O) groups excluding carboxylic acids is 3. The lowest BCUT2D eigenvalue weighted by atomic mass is 10.1. The maximum atomic E-state index is 12.6. The second-order valence-electron chi connectivity index (χ2n) is 6.78. The number of nitrogens with one attached hydrogen (secondary N) is 3. The van der Waals surface area contributed by atoms with Crippen LogP contribution in [0.4, 0.5) is 5.00 Å². The zero-order valence-electron chi connectivity index (χ0n) is 17.1. The third-order valence-electron chi connectivity index (χ3n) is 4.91. The van der Waals surface area contributed by atoms with Crippen molar-refractivity contribution in [3.05, 3.63) is 16.0 Å². The summed E-state index contributed by atoms with van der Waals surface area (Å²) < 4.78 is 10.2. The molecule has 1 aromatic rings. The highest BCUT2D eigenvalue weighted by atomic mass is 32.1. The molecule has 8 nitrogen and oxygen atoms in total. The molecule has 1 aliphatic heterocycles. The van der Waals surface area contributed by atoms with Crippen LogP contribution < -0.4 is 15.1 Å². The molecular formula is C19H31N3O5S+2. The molecule has 0 aromatic carbocycles. The Hall–Kier alpha value is -1.97. The summed E-state index contributed by atoms with van der Waals surface area (Å²) >= 11 is 1.06. The van der Waals surface area contributed by atoms with E-state index in [-0.39, 0.29) is 24.7 Å². The Kier molecular flexibility index (Phi) is 8.40. The molecule has 1 aliphatic rings. The lowest BCUT2D eigenvalue weighted by Gasteiger charge is -2.28. The van der Waals surface area contributed by atoms with E-state index in [0.717, 1.165) is 44.1 Å². The largest absolute Gasteiger partial charge is 0.462 e. The number of quaternary nitrogens is 2. The fraction of sp³-hybridized carbons (Fsp3) is 0.632.